The fraction of sp³-hybridized carbons (Fsp3) is 0.326. The first-order chi connectivity index (χ1) is 29.0. The van der Waals surface area contributed by atoms with Gasteiger partial charge in [-0.2, -0.15) is 5.10 Å². The molecule has 0 bridgehead atoms. The highest BCUT2D eigenvalue weighted by Gasteiger charge is 2.45. The summed E-state index contributed by atoms with van der Waals surface area (Å²) in [5.41, 5.74) is 4.64. The fourth-order valence-electron chi connectivity index (χ4n) is 6.57. The van der Waals surface area contributed by atoms with E-state index in [1.54, 1.807) is 18.5 Å². The number of urea groups is 1. The summed E-state index contributed by atoms with van der Waals surface area (Å²) in [7, 11) is 0. The molecule has 17 nitrogen and oxygen atoms in total. The zero-order valence-corrected chi connectivity index (χ0v) is 33.3. The number of hydrogen-bond acceptors (Lipinski definition) is 11. The van der Waals surface area contributed by atoms with Gasteiger partial charge in [0.05, 0.1) is 55.2 Å². The molecule has 2 aliphatic heterocycles. The van der Waals surface area contributed by atoms with E-state index in [4.69, 9.17) is 18.9 Å². The molecule has 6 amide bonds. The lowest BCUT2D eigenvalue weighted by Crippen LogP contribution is -2.54. The van der Waals surface area contributed by atoms with Crippen LogP contribution in [-0.4, -0.2) is 107 Å². The van der Waals surface area contributed by atoms with Crippen LogP contribution in [-0.2, 0) is 29.2 Å². The first-order valence-electron chi connectivity index (χ1n) is 19.4. The second kappa shape index (κ2) is 18.4. The SMILES string of the molecule is CC(C)(C)c1cc(NC(=O)Nc2ccc(-n3cnc4cc(OCCOCCOCCOCC#Cc5cccc6c5C(=O)N(C5CCC(=O)NC5=O)C6=O)ccc43)cc2)n[nH]1. The van der Waals surface area contributed by atoms with Gasteiger partial charge in [0.1, 0.15) is 31.3 Å². The first kappa shape index (κ1) is 41.3. The standard InChI is InChI=1S/C43H44N8O9/c1-43(2,3)35-25-36(49-48-35)46-42(56)45-28-9-11-29(12-10-28)50-26-44-32-24-30(13-14-33(32)50)60-23-22-59-21-20-58-19-18-57-17-5-7-27-6-4-8-31-38(27)41(55)51(40(31)54)34-15-16-37(52)47-39(34)53/h4,6,8-14,24-26,34H,15-23H2,1-3H3,(H,47,52,53)(H3,45,46,48,49,56). The Morgan fingerprint density at radius 2 is 1.63 bits per heavy atom. The van der Waals surface area contributed by atoms with Crippen molar-refractivity contribution in [2.24, 2.45) is 0 Å². The number of nitrogens with one attached hydrogen (secondary N) is 4. The van der Waals surface area contributed by atoms with Gasteiger partial charge in [0.25, 0.3) is 11.8 Å². The van der Waals surface area contributed by atoms with Crippen LogP contribution in [0.15, 0.2) is 73.1 Å². The van der Waals surface area contributed by atoms with Crippen LogP contribution < -0.4 is 20.7 Å². The summed E-state index contributed by atoms with van der Waals surface area (Å²) in [6.07, 6.45) is 1.86. The number of carbonyl (C=O) groups is 5. The molecule has 1 atom stereocenters. The minimum absolute atomic E-state index is 0.0463. The van der Waals surface area contributed by atoms with Gasteiger partial charge in [0.15, 0.2) is 5.82 Å². The smallest absolute Gasteiger partial charge is 0.324 e. The average Bonchev–Trinajstić information content (AvgIpc) is 3.94. The maximum absolute atomic E-state index is 13.2. The number of rotatable bonds is 15. The number of aromatic nitrogens is 4. The molecule has 310 valence electrons. The summed E-state index contributed by atoms with van der Waals surface area (Å²) < 4.78 is 24.5. The number of benzene rings is 3. The van der Waals surface area contributed by atoms with Crippen molar-refractivity contribution in [2.75, 3.05) is 56.9 Å². The number of aromatic amines is 1. The second-order valence-corrected chi connectivity index (χ2v) is 14.9. The lowest BCUT2D eigenvalue weighted by Gasteiger charge is -2.27. The molecule has 60 heavy (non-hydrogen) atoms. The molecule has 0 aliphatic carbocycles. The summed E-state index contributed by atoms with van der Waals surface area (Å²) in [6.45, 7) is 8.31. The summed E-state index contributed by atoms with van der Waals surface area (Å²) in [5, 5.41) is 14.9. The van der Waals surface area contributed by atoms with Gasteiger partial charge in [-0.15, -0.1) is 0 Å². The molecular weight excluding hydrogens is 773 g/mol. The molecule has 17 heteroatoms. The van der Waals surface area contributed by atoms with Crippen molar-refractivity contribution in [3.8, 4) is 23.3 Å². The van der Waals surface area contributed by atoms with Gasteiger partial charge >= 0.3 is 6.03 Å². The Balaban J connectivity index is 0.765. The zero-order chi connectivity index (χ0) is 42.2. The molecular formula is C43H44N8O9. The van der Waals surface area contributed by atoms with Crippen LogP contribution in [0.25, 0.3) is 16.7 Å². The molecule has 4 N–H and O–H groups in total. The molecule has 5 aromatic rings. The number of piperidine rings is 1. The topological polar surface area (TPSA) is 208 Å². The maximum atomic E-state index is 13.2. The van der Waals surface area contributed by atoms with E-state index in [1.807, 2.05) is 53.1 Å². The van der Waals surface area contributed by atoms with Crippen molar-refractivity contribution >= 4 is 52.2 Å². The number of carbonyl (C=O) groups excluding carboxylic acids is 5. The summed E-state index contributed by atoms with van der Waals surface area (Å²) in [4.78, 5) is 68.0. The number of ether oxygens (including phenoxy) is 4. The van der Waals surface area contributed by atoms with Crippen LogP contribution in [0.4, 0.5) is 16.3 Å². The van der Waals surface area contributed by atoms with Crippen LogP contribution in [0.3, 0.4) is 0 Å². The van der Waals surface area contributed by atoms with Gasteiger partial charge in [-0.05, 0) is 55.0 Å². The van der Waals surface area contributed by atoms with Crippen LogP contribution in [0.2, 0.25) is 0 Å². The number of hydrogen-bond donors (Lipinski definition) is 4. The van der Waals surface area contributed by atoms with Crippen LogP contribution in [0.5, 0.6) is 5.75 Å². The molecule has 2 aliphatic rings. The van der Waals surface area contributed by atoms with Gasteiger partial charge in [-0.25, -0.2) is 9.78 Å². The molecule has 1 fully saturated rings. The van der Waals surface area contributed by atoms with Crippen LogP contribution in [0.1, 0.15) is 65.6 Å². The van der Waals surface area contributed by atoms with E-state index < -0.39 is 35.7 Å². The fourth-order valence-corrected chi connectivity index (χ4v) is 6.57. The maximum Gasteiger partial charge on any atom is 0.324 e. The number of amides is 6. The summed E-state index contributed by atoms with van der Waals surface area (Å²) >= 11 is 0. The predicted molar refractivity (Wildman–Crippen MR) is 219 cm³/mol. The highest BCUT2D eigenvalue weighted by molar-refractivity contribution is 6.24. The normalized spacial score (nSPS) is 15.1. The molecule has 0 saturated carbocycles. The predicted octanol–water partition coefficient (Wildman–Crippen LogP) is 4.57. The quantitative estimate of drug-likeness (QED) is 0.0654. The lowest BCUT2D eigenvalue weighted by atomic mass is 9.92. The molecule has 0 radical (unpaired) electrons. The molecule has 7 rings (SSSR count). The van der Waals surface area contributed by atoms with E-state index in [1.165, 1.54) is 6.07 Å². The lowest BCUT2D eigenvalue weighted by molar-refractivity contribution is -0.136. The Bertz CT molecular complexity index is 2480. The third-order valence-electron chi connectivity index (χ3n) is 9.66. The van der Waals surface area contributed by atoms with Crippen molar-refractivity contribution in [2.45, 2.75) is 45.1 Å². The van der Waals surface area contributed by atoms with Crippen molar-refractivity contribution in [3.63, 3.8) is 0 Å². The van der Waals surface area contributed by atoms with Gasteiger partial charge in [-0.3, -0.25) is 44.4 Å². The van der Waals surface area contributed by atoms with E-state index in [9.17, 15) is 24.0 Å². The van der Waals surface area contributed by atoms with Gasteiger partial charge in [-0.1, -0.05) is 38.7 Å². The Morgan fingerprint density at radius 3 is 2.37 bits per heavy atom. The summed E-state index contributed by atoms with van der Waals surface area (Å²) in [5.74, 6) is 4.57. The summed E-state index contributed by atoms with van der Waals surface area (Å²) in [6, 6.07) is 18.3. The van der Waals surface area contributed by atoms with Crippen molar-refractivity contribution in [1.82, 2.24) is 30.0 Å². The Hall–Kier alpha value is -6.87. The van der Waals surface area contributed by atoms with Crippen LogP contribution in [0, 0.1) is 11.8 Å². The zero-order valence-electron chi connectivity index (χ0n) is 33.3. The van der Waals surface area contributed by atoms with E-state index in [0.717, 1.165) is 27.3 Å². The van der Waals surface area contributed by atoms with Gasteiger partial charge < -0.3 is 24.3 Å². The second-order valence-electron chi connectivity index (χ2n) is 14.9. The Morgan fingerprint density at radius 1 is 0.883 bits per heavy atom. The highest BCUT2D eigenvalue weighted by atomic mass is 16.6. The Kier molecular flexibility index (Phi) is 12.6. The van der Waals surface area contributed by atoms with E-state index in [-0.39, 0.29) is 42.6 Å². The number of nitrogens with zero attached hydrogens (tertiary/aromatic N) is 4. The number of imide groups is 2. The van der Waals surface area contributed by atoms with Crippen molar-refractivity contribution in [1.29, 1.82) is 0 Å². The molecule has 2 aromatic heterocycles. The van der Waals surface area contributed by atoms with Crippen LogP contribution >= 0.6 is 0 Å². The van der Waals surface area contributed by atoms with E-state index in [2.05, 4.69) is 63.7 Å². The number of anilines is 2. The molecule has 1 saturated heterocycles. The third kappa shape index (κ3) is 9.69. The van der Waals surface area contributed by atoms with Crippen molar-refractivity contribution < 1.29 is 42.9 Å². The molecule has 3 aromatic carbocycles. The molecule has 4 heterocycles. The van der Waals surface area contributed by atoms with E-state index >= 15 is 0 Å². The molecule has 0 spiro atoms. The van der Waals surface area contributed by atoms with Crippen molar-refractivity contribution in [3.05, 3.63) is 95.4 Å². The van der Waals surface area contributed by atoms with E-state index in [0.29, 0.717) is 55.9 Å². The largest absolute Gasteiger partial charge is 0.491 e. The third-order valence-corrected chi connectivity index (χ3v) is 9.66. The first-order valence-corrected chi connectivity index (χ1v) is 19.4. The monoisotopic (exact) mass is 816 g/mol. The minimum Gasteiger partial charge on any atom is -0.491 e. The number of imidazole rings is 1. The minimum atomic E-state index is -1.04. The average molecular weight is 817 g/mol. The van der Waals surface area contributed by atoms with Gasteiger partial charge in [0, 0.05) is 46.6 Å². The van der Waals surface area contributed by atoms with Gasteiger partial charge in [0.2, 0.25) is 11.8 Å². The Labute approximate surface area is 345 Å². The number of fused-ring (bicyclic) bond motifs is 2. The molecule has 1 unspecified atom stereocenters. The highest BCUT2D eigenvalue weighted by Crippen LogP contribution is 2.30. The number of H-pyrrole nitrogens is 1.